The Bertz CT molecular complexity index is 681. The Balaban J connectivity index is 2.01. The van der Waals surface area contributed by atoms with E-state index in [0.29, 0.717) is 13.0 Å². The molecule has 0 spiro atoms. The Kier molecular flexibility index (Phi) is 4.12. The van der Waals surface area contributed by atoms with Crippen molar-refractivity contribution >= 4 is 17.3 Å². The molecule has 21 heavy (non-hydrogen) atoms. The van der Waals surface area contributed by atoms with E-state index in [1.165, 1.54) is 12.1 Å². The van der Waals surface area contributed by atoms with Crippen LogP contribution in [0.1, 0.15) is 16.2 Å². The lowest BCUT2D eigenvalue weighted by Crippen LogP contribution is -2.27. The van der Waals surface area contributed by atoms with Crippen molar-refractivity contribution in [2.24, 2.45) is 7.05 Å². The van der Waals surface area contributed by atoms with E-state index in [1.807, 2.05) is 0 Å². The molecule has 1 heterocycles. The summed E-state index contributed by atoms with van der Waals surface area (Å²) in [4.78, 5) is 22.1. The van der Waals surface area contributed by atoms with Gasteiger partial charge in [-0.15, -0.1) is 10.2 Å². The first kappa shape index (κ1) is 14.4. The van der Waals surface area contributed by atoms with Crippen molar-refractivity contribution in [2.45, 2.75) is 6.42 Å². The Morgan fingerprint density at radius 2 is 2.29 bits per heavy atom. The minimum absolute atomic E-state index is 0.0853. The molecule has 0 aliphatic carbocycles. The summed E-state index contributed by atoms with van der Waals surface area (Å²) in [6.07, 6.45) is 2.06. The van der Waals surface area contributed by atoms with Crippen LogP contribution in [-0.4, -0.2) is 32.1 Å². The molecule has 0 fully saturated rings. The van der Waals surface area contributed by atoms with Crippen LogP contribution in [-0.2, 0) is 13.5 Å². The number of anilines is 1. The summed E-state index contributed by atoms with van der Waals surface area (Å²) in [6.45, 7) is 0.327. The van der Waals surface area contributed by atoms with Crippen molar-refractivity contribution in [1.29, 1.82) is 0 Å². The Morgan fingerprint density at radius 1 is 1.52 bits per heavy atom. The number of nitrogens with one attached hydrogen (secondary N) is 1. The average Bonchev–Trinajstić information content (AvgIpc) is 2.84. The number of carbonyl (C=O) groups is 1. The van der Waals surface area contributed by atoms with Crippen LogP contribution in [0.2, 0.25) is 0 Å². The van der Waals surface area contributed by atoms with E-state index < -0.39 is 10.8 Å². The minimum atomic E-state index is -0.574. The van der Waals surface area contributed by atoms with E-state index >= 15 is 0 Å². The van der Waals surface area contributed by atoms with Gasteiger partial charge < -0.3 is 15.6 Å². The van der Waals surface area contributed by atoms with Gasteiger partial charge in [0.1, 0.15) is 12.2 Å². The third-order valence-corrected chi connectivity index (χ3v) is 2.93. The smallest absolute Gasteiger partial charge is 0.270 e. The molecule has 0 bridgehead atoms. The lowest BCUT2D eigenvalue weighted by atomic mass is 10.1. The second-order valence-electron chi connectivity index (χ2n) is 4.39. The topological polar surface area (TPSA) is 129 Å². The van der Waals surface area contributed by atoms with Crippen LogP contribution in [0.25, 0.3) is 0 Å². The van der Waals surface area contributed by atoms with Gasteiger partial charge in [-0.25, -0.2) is 0 Å². The molecule has 110 valence electrons. The van der Waals surface area contributed by atoms with Crippen LogP contribution in [0.15, 0.2) is 24.5 Å². The molecule has 0 aliphatic heterocycles. The number of hydrogen-bond acceptors (Lipinski definition) is 6. The molecule has 0 unspecified atom stereocenters. The first-order chi connectivity index (χ1) is 9.99. The van der Waals surface area contributed by atoms with Crippen molar-refractivity contribution in [3.8, 4) is 0 Å². The fourth-order valence-electron chi connectivity index (χ4n) is 1.77. The monoisotopic (exact) mass is 290 g/mol. The summed E-state index contributed by atoms with van der Waals surface area (Å²) >= 11 is 0. The van der Waals surface area contributed by atoms with Crippen LogP contribution in [0.4, 0.5) is 11.4 Å². The lowest BCUT2D eigenvalue weighted by molar-refractivity contribution is -0.384. The summed E-state index contributed by atoms with van der Waals surface area (Å²) in [5.41, 5.74) is 5.77. The fraction of sp³-hybridized carbons (Fsp3) is 0.250. The Morgan fingerprint density at radius 3 is 2.90 bits per heavy atom. The minimum Gasteiger partial charge on any atom is -0.398 e. The molecule has 2 rings (SSSR count). The van der Waals surface area contributed by atoms with Crippen LogP contribution in [0, 0.1) is 10.1 Å². The molecular formula is C12H14N6O3. The summed E-state index contributed by atoms with van der Waals surface area (Å²) in [7, 11) is 1.80. The summed E-state index contributed by atoms with van der Waals surface area (Å²) < 4.78 is 1.74. The van der Waals surface area contributed by atoms with Crippen molar-refractivity contribution in [1.82, 2.24) is 20.1 Å². The zero-order valence-corrected chi connectivity index (χ0v) is 11.3. The first-order valence-electron chi connectivity index (χ1n) is 6.14. The van der Waals surface area contributed by atoms with Gasteiger partial charge in [-0.3, -0.25) is 14.9 Å². The van der Waals surface area contributed by atoms with E-state index in [2.05, 4.69) is 15.5 Å². The molecule has 1 aromatic carbocycles. The molecule has 0 radical (unpaired) electrons. The fourth-order valence-corrected chi connectivity index (χ4v) is 1.77. The highest BCUT2D eigenvalue weighted by atomic mass is 16.6. The van der Waals surface area contributed by atoms with Gasteiger partial charge in [0.2, 0.25) is 0 Å². The number of nitrogen functional groups attached to an aromatic ring is 1. The largest absolute Gasteiger partial charge is 0.398 e. The second-order valence-corrected chi connectivity index (χ2v) is 4.39. The van der Waals surface area contributed by atoms with Gasteiger partial charge in [0.25, 0.3) is 11.6 Å². The van der Waals surface area contributed by atoms with Crippen LogP contribution < -0.4 is 11.1 Å². The first-order valence-corrected chi connectivity index (χ1v) is 6.14. The molecule has 0 atom stereocenters. The normalized spacial score (nSPS) is 10.3. The molecule has 9 nitrogen and oxygen atoms in total. The number of carbonyl (C=O) groups excluding carboxylic acids is 1. The third kappa shape index (κ3) is 3.32. The molecule has 1 aromatic heterocycles. The maximum Gasteiger partial charge on any atom is 0.270 e. The predicted octanol–water partition coefficient (Wildman–Crippen LogP) is 0.278. The number of nitrogens with two attached hydrogens (primary N) is 1. The van der Waals surface area contributed by atoms with Gasteiger partial charge >= 0.3 is 0 Å². The third-order valence-electron chi connectivity index (χ3n) is 2.93. The maximum atomic E-state index is 12.0. The summed E-state index contributed by atoms with van der Waals surface area (Å²) in [5.74, 6) is 0.265. The van der Waals surface area contributed by atoms with Crippen LogP contribution in [0.5, 0.6) is 0 Å². The highest BCUT2D eigenvalue weighted by Crippen LogP contribution is 2.19. The molecular weight excluding hydrogens is 276 g/mol. The zero-order valence-electron chi connectivity index (χ0n) is 11.3. The number of non-ortho nitro benzene ring substituents is 1. The van der Waals surface area contributed by atoms with Crippen LogP contribution in [0.3, 0.4) is 0 Å². The number of amides is 1. The number of benzene rings is 1. The van der Waals surface area contributed by atoms with Crippen molar-refractivity contribution in [3.05, 3.63) is 46.0 Å². The molecule has 9 heteroatoms. The highest BCUT2D eigenvalue weighted by Gasteiger charge is 2.15. The SMILES string of the molecule is Cn1cnnc1CCNC(=O)c1cc([N+](=O)[O-])ccc1N. The molecule has 0 saturated carbocycles. The van der Waals surface area contributed by atoms with Crippen molar-refractivity contribution in [3.63, 3.8) is 0 Å². The molecule has 3 N–H and O–H groups in total. The van der Waals surface area contributed by atoms with Gasteiger partial charge in [-0.05, 0) is 6.07 Å². The Labute approximate surface area is 119 Å². The number of nitro benzene ring substituents is 1. The molecule has 2 aromatic rings. The van der Waals surface area contributed by atoms with E-state index in [9.17, 15) is 14.9 Å². The van der Waals surface area contributed by atoms with Gasteiger partial charge in [0.05, 0.1) is 10.5 Å². The number of aryl methyl sites for hydroxylation is 1. The van der Waals surface area contributed by atoms with E-state index in [-0.39, 0.29) is 16.9 Å². The molecule has 1 amide bonds. The van der Waals surface area contributed by atoms with Gasteiger partial charge in [-0.2, -0.15) is 0 Å². The zero-order chi connectivity index (χ0) is 15.4. The van der Waals surface area contributed by atoms with Crippen molar-refractivity contribution < 1.29 is 9.72 Å². The quantitative estimate of drug-likeness (QED) is 0.462. The maximum absolute atomic E-state index is 12.0. The number of hydrogen-bond donors (Lipinski definition) is 2. The predicted molar refractivity (Wildman–Crippen MR) is 74.5 cm³/mol. The van der Waals surface area contributed by atoms with E-state index in [4.69, 9.17) is 5.73 Å². The van der Waals surface area contributed by atoms with E-state index in [0.717, 1.165) is 11.9 Å². The summed E-state index contributed by atoms with van der Waals surface area (Å²) in [5, 5.41) is 21.0. The number of nitrogens with zero attached hydrogens (tertiary/aromatic N) is 4. The van der Waals surface area contributed by atoms with Gasteiger partial charge in [0.15, 0.2) is 0 Å². The van der Waals surface area contributed by atoms with Crippen molar-refractivity contribution in [2.75, 3.05) is 12.3 Å². The standard InChI is InChI=1S/C12H14N6O3/c1-17-7-15-16-11(17)4-5-14-12(19)9-6-8(18(20)21)2-3-10(9)13/h2-3,6-7H,4-5,13H2,1H3,(H,14,19). The number of nitro groups is 1. The Hall–Kier alpha value is -2.97. The average molecular weight is 290 g/mol. The number of aromatic nitrogens is 3. The van der Waals surface area contributed by atoms with Gasteiger partial charge in [0, 0.05) is 37.8 Å². The summed E-state index contributed by atoms with van der Waals surface area (Å²) in [6, 6.07) is 3.76. The van der Waals surface area contributed by atoms with Crippen LogP contribution >= 0.6 is 0 Å². The lowest BCUT2D eigenvalue weighted by Gasteiger charge is -2.07. The van der Waals surface area contributed by atoms with Gasteiger partial charge in [-0.1, -0.05) is 0 Å². The highest BCUT2D eigenvalue weighted by molar-refractivity contribution is 5.99. The molecule has 0 aliphatic rings. The second kappa shape index (κ2) is 5.99. The van der Waals surface area contributed by atoms with E-state index in [1.54, 1.807) is 17.9 Å². The molecule has 0 saturated heterocycles. The number of rotatable bonds is 5.